The Morgan fingerprint density at radius 1 is 0.941 bits per heavy atom. The molecule has 1 amide bonds. The fourth-order valence-corrected chi connectivity index (χ4v) is 4.17. The van der Waals surface area contributed by atoms with Crippen molar-refractivity contribution in [3.63, 3.8) is 0 Å². The fourth-order valence-electron chi connectivity index (χ4n) is 4.17. The number of carbonyl (C=O) groups excluding carboxylic acids is 2. The second kappa shape index (κ2) is 9.75. The molecule has 0 aliphatic heterocycles. The number of ketones is 1. The third kappa shape index (κ3) is 5.07. The van der Waals surface area contributed by atoms with Crippen LogP contribution in [0, 0.1) is 5.92 Å². The maximum Gasteiger partial charge on any atom is 0.227 e. The van der Waals surface area contributed by atoms with Gasteiger partial charge < -0.3 is 10.1 Å². The van der Waals surface area contributed by atoms with Gasteiger partial charge in [-0.15, -0.1) is 0 Å². The van der Waals surface area contributed by atoms with Gasteiger partial charge in [0.15, 0.2) is 0 Å². The summed E-state index contributed by atoms with van der Waals surface area (Å²) in [5, 5.41) is 11.4. The van der Waals surface area contributed by atoms with Crippen LogP contribution in [0.2, 0.25) is 0 Å². The third-order valence-electron chi connectivity index (χ3n) is 6.05. The Bertz CT molecular complexity index is 1350. The van der Waals surface area contributed by atoms with Gasteiger partial charge in [0.2, 0.25) is 5.91 Å². The molecule has 1 saturated carbocycles. The minimum atomic E-state index is -0.116. The number of benzene rings is 3. The molecule has 0 atom stereocenters. The van der Waals surface area contributed by atoms with Gasteiger partial charge >= 0.3 is 0 Å². The summed E-state index contributed by atoms with van der Waals surface area (Å²) in [6.45, 7) is 0. The molecule has 1 heterocycles. The first-order valence-corrected chi connectivity index (χ1v) is 11.5. The highest BCUT2D eigenvalue weighted by molar-refractivity contribution is 5.94. The van der Waals surface area contributed by atoms with Crippen LogP contribution in [0.25, 0.3) is 23.1 Å². The Morgan fingerprint density at radius 3 is 2.56 bits per heavy atom. The summed E-state index contributed by atoms with van der Waals surface area (Å²) in [5.74, 6) is 1.38. The number of anilines is 1. The van der Waals surface area contributed by atoms with E-state index < -0.39 is 0 Å². The summed E-state index contributed by atoms with van der Waals surface area (Å²) in [6, 6.07) is 23.2. The zero-order valence-corrected chi connectivity index (χ0v) is 18.7. The maximum atomic E-state index is 12.6. The van der Waals surface area contributed by atoms with E-state index >= 15 is 0 Å². The van der Waals surface area contributed by atoms with Crippen LogP contribution >= 0.6 is 0 Å². The molecule has 5 rings (SSSR count). The monoisotopic (exact) mass is 451 g/mol. The highest BCUT2D eigenvalue weighted by Gasteiger charge is 2.24. The topological polar surface area (TPSA) is 84.1 Å². The van der Waals surface area contributed by atoms with Crippen molar-refractivity contribution in [2.45, 2.75) is 25.7 Å². The van der Waals surface area contributed by atoms with E-state index in [1.165, 1.54) is 0 Å². The number of rotatable bonds is 6. The van der Waals surface area contributed by atoms with Crippen molar-refractivity contribution in [1.29, 1.82) is 0 Å². The van der Waals surface area contributed by atoms with E-state index in [9.17, 15) is 9.59 Å². The molecule has 1 aliphatic rings. The molecule has 0 spiro atoms. The van der Waals surface area contributed by atoms with E-state index in [-0.39, 0.29) is 17.6 Å². The van der Waals surface area contributed by atoms with Crippen LogP contribution in [-0.2, 0) is 9.59 Å². The van der Waals surface area contributed by atoms with Crippen LogP contribution in [0.15, 0.2) is 72.8 Å². The molecule has 1 fully saturated rings. The number of fused-ring (bicyclic) bond motifs is 1. The molecule has 170 valence electrons. The number of aromatic amines is 1. The number of nitrogens with zero attached hydrogens (tertiary/aromatic N) is 1. The predicted octanol–water partition coefficient (Wildman–Crippen LogP) is 6.22. The molecule has 34 heavy (non-hydrogen) atoms. The van der Waals surface area contributed by atoms with E-state index in [0.717, 1.165) is 22.2 Å². The lowest BCUT2D eigenvalue weighted by Crippen LogP contribution is -2.27. The van der Waals surface area contributed by atoms with Gasteiger partial charge in [-0.1, -0.05) is 42.5 Å². The maximum absolute atomic E-state index is 12.6. The average Bonchev–Trinajstić information content (AvgIpc) is 3.26. The lowest BCUT2D eigenvalue weighted by molar-refractivity contribution is -0.125. The second-order valence-electron chi connectivity index (χ2n) is 8.49. The largest absolute Gasteiger partial charge is 0.457 e. The number of nitrogens with one attached hydrogen (secondary N) is 2. The number of ether oxygens (including phenoxy) is 1. The average molecular weight is 452 g/mol. The van der Waals surface area contributed by atoms with Gasteiger partial charge in [-0.25, -0.2) is 0 Å². The summed E-state index contributed by atoms with van der Waals surface area (Å²) in [7, 11) is 0. The molecule has 1 aliphatic carbocycles. The minimum absolute atomic E-state index is 0.0420. The Balaban J connectivity index is 1.26. The van der Waals surface area contributed by atoms with Gasteiger partial charge in [0.05, 0.1) is 11.2 Å². The normalized spacial score (nSPS) is 14.5. The van der Waals surface area contributed by atoms with E-state index in [1.54, 1.807) is 6.07 Å². The Labute approximate surface area is 197 Å². The molecule has 0 saturated heterocycles. The van der Waals surface area contributed by atoms with E-state index in [4.69, 9.17) is 4.74 Å². The predicted molar refractivity (Wildman–Crippen MR) is 134 cm³/mol. The highest BCUT2D eigenvalue weighted by Crippen LogP contribution is 2.29. The number of aromatic nitrogens is 2. The zero-order valence-electron chi connectivity index (χ0n) is 18.7. The van der Waals surface area contributed by atoms with Crippen LogP contribution in [0.4, 0.5) is 5.69 Å². The minimum Gasteiger partial charge on any atom is -0.457 e. The SMILES string of the molecule is O=C1CCC(C(=O)Nc2cccc(Oc3ccc4c(/C=C/c5ccccc5)n[nH]c4c3)c2)CC1. The number of hydrogen-bond acceptors (Lipinski definition) is 4. The van der Waals surface area contributed by atoms with E-state index in [2.05, 4.69) is 15.5 Å². The summed E-state index contributed by atoms with van der Waals surface area (Å²) in [5.41, 5.74) is 3.53. The summed E-state index contributed by atoms with van der Waals surface area (Å²) in [4.78, 5) is 24.0. The van der Waals surface area contributed by atoms with Crippen molar-refractivity contribution in [2.75, 3.05) is 5.32 Å². The van der Waals surface area contributed by atoms with Gasteiger partial charge in [-0.3, -0.25) is 14.7 Å². The van der Waals surface area contributed by atoms with Crippen LogP contribution in [0.3, 0.4) is 0 Å². The molecule has 0 unspecified atom stereocenters. The van der Waals surface area contributed by atoms with Crippen molar-refractivity contribution in [3.05, 3.63) is 84.1 Å². The Kier molecular flexibility index (Phi) is 6.21. The number of hydrogen-bond donors (Lipinski definition) is 2. The van der Waals surface area contributed by atoms with Crippen LogP contribution in [0.5, 0.6) is 11.5 Å². The summed E-state index contributed by atoms with van der Waals surface area (Å²) < 4.78 is 6.05. The molecule has 3 aromatic carbocycles. The van der Waals surface area contributed by atoms with E-state index in [1.807, 2.05) is 78.9 Å². The van der Waals surface area contributed by atoms with E-state index in [0.29, 0.717) is 42.9 Å². The molecule has 1 aromatic heterocycles. The fraction of sp³-hybridized carbons (Fsp3) is 0.179. The van der Waals surface area contributed by atoms with Gasteiger partial charge in [0.25, 0.3) is 0 Å². The third-order valence-corrected chi connectivity index (χ3v) is 6.05. The van der Waals surface area contributed by atoms with Gasteiger partial charge in [-0.05, 0) is 48.7 Å². The van der Waals surface area contributed by atoms with Crippen molar-refractivity contribution in [1.82, 2.24) is 10.2 Å². The van der Waals surface area contributed by atoms with Crippen molar-refractivity contribution in [3.8, 4) is 11.5 Å². The zero-order chi connectivity index (χ0) is 23.3. The first-order valence-electron chi connectivity index (χ1n) is 11.5. The first kappa shape index (κ1) is 21.6. The first-order chi connectivity index (χ1) is 16.6. The van der Waals surface area contributed by atoms with Crippen LogP contribution in [0.1, 0.15) is 36.9 Å². The van der Waals surface area contributed by atoms with Gasteiger partial charge in [-0.2, -0.15) is 5.10 Å². The highest BCUT2D eigenvalue weighted by atomic mass is 16.5. The lowest BCUT2D eigenvalue weighted by Gasteiger charge is -2.20. The lowest BCUT2D eigenvalue weighted by atomic mass is 9.88. The standard InChI is InChI=1S/C28H25N3O3/c32-22-12-10-20(11-13-22)28(33)29-21-7-4-8-23(17-21)34-24-14-15-25-26(30-31-27(25)18-24)16-9-19-5-2-1-3-6-19/h1-9,14-18,20H,10-13H2,(H,29,33)(H,30,31)/b16-9+. The molecule has 0 radical (unpaired) electrons. The molecule has 0 bridgehead atoms. The smallest absolute Gasteiger partial charge is 0.227 e. The molecule has 6 nitrogen and oxygen atoms in total. The summed E-state index contributed by atoms with van der Waals surface area (Å²) in [6.07, 6.45) is 6.23. The second-order valence-corrected chi connectivity index (χ2v) is 8.49. The molecule has 2 N–H and O–H groups in total. The molecule has 4 aromatic rings. The molecular weight excluding hydrogens is 426 g/mol. The number of H-pyrrole nitrogens is 1. The van der Waals surface area contributed by atoms with Crippen molar-refractivity contribution in [2.24, 2.45) is 5.92 Å². The van der Waals surface area contributed by atoms with Crippen molar-refractivity contribution < 1.29 is 14.3 Å². The number of amides is 1. The van der Waals surface area contributed by atoms with Gasteiger partial charge in [0, 0.05) is 42.0 Å². The number of Topliss-reactive ketones (excluding diaryl/α,β-unsaturated/α-hetero) is 1. The number of carbonyl (C=O) groups is 2. The van der Waals surface area contributed by atoms with Crippen LogP contribution < -0.4 is 10.1 Å². The van der Waals surface area contributed by atoms with Crippen molar-refractivity contribution >= 4 is 40.4 Å². The Hall–Kier alpha value is -4.19. The van der Waals surface area contributed by atoms with Gasteiger partial charge in [0.1, 0.15) is 17.3 Å². The summed E-state index contributed by atoms with van der Waals surface area (Å²) >= 11 is 0. The quantitative estimate of drug-likeness (QED) is 0.364. The van der Waals surface area contributed by atoms with Crippen LogP contribution in [-0.4, -0.2) is 21.9 Å². The molecule has 6 heteroatoms. The Morgan fingerprint density at radius 2 is 1.74 bits per heavy atom. The molecular formula is C28H25N3O3.